The Kier molecular flexibility index (Phi) is 4.01. The van der Waals surface area contributed by atoms with Gasteiger partial charge in [-0.2, -0.15) is 5.26 Å². The zero-order chi connectivity index (χ0) is 12.3. The van der Waals surface area contributed by atoms with Crippen LogP contribution in [0.15, 0.2) is 0 Å². The maximum Gasteiger partial charge on any atom is 0.237 e. The first-order valence-electron chi connectivity index (χ1n) is 6.64. The smallest absolute Gasteiger partial charge is 0.237 e. The highest BCUT2D eigenvalue weighted by Crippen LogP contribution is 2.33. The summed E-state index contributed by atoms with van der Waals surface area (Å²) in [4.78, 5) is 11.9. The summed E-state index contributed by atoms with van der Waals surface area (Å²) in [6, 6.07) is 2.64. The van der Waals surface area contributed by atoms with Gasteiger partial charge in [-0.25, -0.2) is 0 Å². The second-order valence-corrected chi connectivity index (χ2v) is 5.38. The molecule has 94 valence electrons. The molecule has 0 aromatic rings. The molecular formula is C13H21N3O. The third kappa shape index (κ3) is 2.98. The van der Waals surface area contributed by atoms with Crippen LogP contribution in [0.25, 0.3) is 0 Å². The molecule has 4 unspecified atom stereocenters. The minimum absolute atomic E-state index is 0.0333. The van der Waals surface area contributed by atoms with E-state index >= 15 is 0 Å². The highest BCUT2D eigenvalue weighted by molar-refractivity contribution is 5.82. The number of hydrogen-bond donors (Lipinski definition) is 2. The Morgan fingerprint density at radius 3 is 3.00 bits per heavy atom. The molecule has 1 aliphatic carbocycles. The molecule has 4 atom stereocenters. The van der Waals surface area contributed by atoms with Crippen LogP contribution in [0.2, 0.25) is 0 Å². The number of hydrogen-bond acceptors (Lipinski definition) is 3. The number of fused-ring (bicyclic) bond motifs is 1. The largest absolute Gasteiger partial charge is 0.353 e. The second kappa shape index (κ2) is 5.50. The van der Waals surface area contributed by atoms with Crippen LogP contribution in [0.1, 0.15) is 39.0 Å². The lowest BCUT2D eigenvalue weighted by Gasteiger charge is -2.24. The molecule has 0 aromatic heterocycles. The third-order valence-corrected chi connectivity index (χ3v) is 3.98. The van der Waals surface area contributed by atoms with E-state index in [9.17, 15) is 4.79 Å². The topological polar surface area (TPSA) is 64.9 Å². The molecule has 2 N–H and O–H groups in total. The van der Waals surface area contributed by atoms with Gasteiger partial charge >= 0.3 is 0 Å². The first kappa shape index (κ1) is 12.4. The van der Waals surface area contributed by atoms with E-state index in [1.807, 2.05) is 6.92 Å². The molecule has 2 fully saturated rings. The monoisotopic (exact) mass is 235 g/mol. The Balaban J connectivity index is 1.79. The molecule has 4 heteroatoms. The average molecular weight is 235 g/mol. The summed E-state index contributed by atoms with van der Waals surface area (Å²) in [6.45, 7) is 2.28. The van der Waals surface area contributed by atoms with Crippen LogP contribution in [0.5, 0.6) is 0 Å². The Morgan fingerprint density at radius 1 is 1.53 bits per heavy atom. The molecule has 1 amide bonds. The first-order chi connectivity index (χ1) is 8.20. The van der Waals surface area contributed by atoms with E-state index in [1.54, 1.807) is 0 Å². The van der Waals surface area contributed by atoms with E-state index in [1.165, 1.54) is 25.7 Å². The van der Waals surface area contributed by atoms with E-state index in [-0.39, 0.29) is 17.9 Å². The van der Waals surface area contributed by atoms with Gasteiger partial charge in [-0.05, 0) is 32.1 Å². The maximum atomic E-state index is 11.9. The van der Waals surface area contributed by atoms with Crippen molar-refractivity contribution in [1.82, 2.24) is 10.6 Å². The van der Waals surface area contributed by atoms with Gasteiger partial charge in [-0.15, -0.1) is 0 Å². The van der Waals surface area contributed by atoms with Crippen molar-refractivity contribution in [2.24, 2.45) is 11.8 Å². The average Bonchev–Trinajstić information content (AvgIpc) is 2.79. The third-order valence-electron chi connectivity index (χ3n) is 3.98. The minimum Gasteiger partial charge on any atom is -0.353 e. The summed E-state index contributed by atoms with van der Waals surface area (Å²) < 4.78 is 0. The molecular weight excluding hydrogens is 214 g/mol. The van der Waals surface area contributed by atoms with Crippen molar-refractivity contribution >= 4 is 5.91 Å². The summed E-state index contributed by atoms with van der Waals surface area (Å²) in [5.41, 5.74) is 0. The van der Waals surface area contributed by atoms with Gasteiger partial charge in [0.05, 0.1) is 18.0 Å². The lowest BCUT2D eigenvalue weighted by Crippen LogP contribution is -2.44. The van der Waals surface area contributed by atoms with Gasteiger partial charge in [0.15, 0.2) is 0 Å². The fraction of sp³-hybridized carbons (Fsp3) is 0.846. The van der Waals surface area contributed by atoms with E-state index in [2.05, 4.69) is 16.7 Å². The molecule has 0 bridgehead atoms. The number of nitriles is 1. The second-order valence-electron chi connectivity index (χ2n) is 5.38. The van der Waals surface area contributed by atoms with Crippen LogP contribution in [-0.4, -0.2) is 24.5 Å². The van der Waals surface area contributed by atoms with E-state index in [0.717, 1.165) is 6.42 Å². The van der Waals surface area contributed by atoms with Gasteiger partial charge in [0, 0.05) is 12.6 Å². The Hall–Kier alpha value is -1.08. The molecule has 1 saturated carbocycles. The first-order valence-corrected chi connectivity index (χ1v) is 6.64. The SMILES string of the molecule is CC(C#N)CNC(=O)C1CC2CCCCC2N1. The predicted octanol–water partition coefficient (Wildman–Crippen LogP) is 1.18. The summed E-state index contributed by atoms with van der Waals surface area (Å²) >= 11 is 0. The zero-order valence-electron chi connectivity index (χ0n) is 10.4. The molecule has 0 spiro atoms. The highest BCUT2D eigenvalue weighted by Gasteiger charge is 2.37. The fourth-order valence-corrected chi connectivity index (χ4v) is 2.94. The van der Waals surface area contributed by atoms with E-state index in [4.69, 9.17) is 5.26 Å². The van der Waals surface area contributed by atoms with Gasteiger partial charge in [0.25, 0.3) is 0 Å². The normalized spacial score (nSPS) is 33.5. The molecule has 2 rings (SSSR count). The molecule has 1 heterocycles. The number of nitrogens with zero attached hydrogens (tertiary/aromatic N) is 1. The van der Waals surface area contributed by atoms with Crippen molar-refractivity contribution in [3.05, 3.63) is 0 Å². The molecule has 0 radical (unpaired) electrons. The van der Waals surface area contributed by atoms with Crippen LogP contribution in [0, 0.1) is 23.2 Å². The summed E-state index contributed by atoms with van der Waals surface area (Å²) in [6.07, 6.45) is 6.03. The quantitative estimate of drug-likeness (QED) is 0.772. The van der Waals surface area contributed by atoms with Crippen molar-refractivity contribution in [2.75, 3.05) is 6.54 Å². The zero-order valence-corrected chi connectivity index (χ0v) is 10.4. The van der Waals surface area contributed by atoms with Gasteiger partial charge in [0.2, 0.25) is 5.91 Å². The number of amides is 1. The van der Waals surface area contributed by atoms with E-state index in [0.29, 0.717) is 18.5 Å². The van der Waals surface area contributed by atoms with Crippen LogP contribution in [0.3, 0.4) is 0 Å². The number of carbonyl (C=O) groups is 1. The molecule has 1 aliphatic heterocycles. The molecule has 1 saturated heterocycles. The standard InChI is InChI=1S/C13H21N3O/c1-9(7-14)8-15-13(17)12-6-10-4-2-3-5-11(10)16-12/h9-12,16H,2-6,8H2,1H3,(H,15,17). The number of carbonyl (C=O) groups excluding carboxylic acids is 1. The molecule has 2 aliphatic rings. The predicted molar refractivity (Wildman–Crippen MR) is 65.1 cm³/mol. The number of nitrogens with one attached hydrogen (secondary N) is 2. The van der Waals surface area contributed by atoms with Crippen molar-refractivity contribution in [2.45, 2.75) is 51.1 Å². The van der Waals surface area contributed by atoms with Crippen molar-refractivity contribution in [3.63, 3.8) is 0 Å². The highest BCUT2D eigenvalue weighted by atomic mass is 16.2. The van der Waals surface area contributed by atoms with Crippen molar-refractivity contribution in [1.29, 1.82) is 5.26 Å². The summed E-state index contributed by atoms with van der Waals surface area (Å²) in [7, 11) is 0. The summed E-state index contributed by atoms with van der Waals surface area (Å²) in [5, 5.41) is 15.0. The van der Waals surface area contributed by atoms with Crippen molar-refractivity contribution in [3.8, 4) is 6.07 Å². The lowest BCUT2D eigenvalue weighted by atomic mass is 9.85. The van der Waals surface area contributed by atoms with Crippen LogP contribution < -0.4 is 10.6 Å². The minimum atomic E-state index is -0.109. The number of rotatable bonds is 3. The van der Waals surface area contributed by atoms with Crippen LogP contribution in [-0.2, 0) is 4.79 Å². The van der Waals surface area contributed by atoms with Gasteiger partial charge in [-0.3, -0.25) is 4.79 Å². The van der Waals surface area contributed by atoms with Gasteiger partial charge in [-0.1, -0.05) is 12.8 Å². The maximum absolute atomic E-state index is 11.9. The molecule has 4 nitrogen and oxygen atoms in total. The van der Waals surface area contributed by atoms with Crippen LogP contribution >= 0.6 is 0 Å². The lowest BCUT2D eigenvalue weighted by molar-refractivity contribution is -0.123. The Bertz CT molecular complexity index is 309. The van der Waals surface area contributed by atoms with Crippen LogP contribution in [0.4, 0.5) is 0 Å². The fourth-order valence-electron chi connectivity index (χ4n) is 2.94. The Morgan fingerprint density at radius 2 is 2.29 bits per heavy atom. The Labute approximate surface area is 103 Å². The van der Waals surface area contributed by atoms with Gasteiger partial charge < -0.3 is 10.6 Å². The summed E-state index contributed by atoms with van der Waals surface area (Å²) in [5.74, 6) is 0.650. The molecule has 0 aromatic carbocycles. The van der Waals surface area contributed by atoms with E-state index < -0.39 is 0 Å². The van der Waals surface area contributed by atoms with Gasteiger partial charge in [0.1, 0.15) is 0 Å². The van der Waals surface area contributed by atoms with Crippen molar-refractivity contribution < 1.29 is 4.79 Å². The molecule has 17 heavy (non-hydrogen) atoms.